The number of benzene rings is 3. The van der Waals surface area contributed by atoms with Gasteiger partial charge >= 0.3 is 6.03 Å². The van der Waals surface area contributed by atoms with Crippen LogP contribution in [-0.2, 0) is 4.79 Å². The van der Waals surface area contributed by atoms with Crippen LogP contribution in [0.5, 0.6) is 0 Å². The third kappa shape index (κ3) is 2.93. The van der Waals surface area contributed by atoms with Crippen LogP contribution in [0.4, 0.5) is 16.2 Å². The van der Waals surface area contributed by atoms with Crippen LogP contribution >= 0.6 is 11.6 Å². The first-order chi connectivity index (χ1) is 17.3. The van der Waals surface area contributed by atoms with Crippen molar-refractivity contribution in [2.75, 3.05) is 11.4 Å². The Morgan fingerprint density at radius 3 is 2.58 bits per heavy atom. The highest BCUT2D eigenvalue weighted by atomic mass is 35.5. The molecule has 3 aliphatic rings. The second-order valence-corrected chi connectivity index (χ2v) is 9.34. The molecule has 0 saturated carbocycles. The highest BCUT2D eigenvalue weighted by Crippen LogP contribution is 2.44. The Bertz CT molecular complexity index is 1570. The number of halogens is 1. The summed E-state index contributed by atoms with van der Waals surface area (Å²) >= 11 is 5.88. The van der Waals surface area contributed by atoms with Crippen LogP contribution in [0.3, 0.4) is 0 Å². The van der Waals surface area contributed by atoms with Crippen LogP contribution in [-0.4, -0.2) is 57.2 Å². The van der Waals surface area contributed by atoms with Gasteiger partial charge in [-0.3, -0.25) is 19.7 Å². The Kier molecular flexibility index (Phi) is 4.74. The summed E-state index contributed by atoms with van der Waals surface area (Å²) in [5.41, 5.74) is 0.541. The van der Waals surface area contributed by atoms with Gasteiger partial charge in [0, 0.05) is 28.9 Å². The largest absolute Gasteiger partial charge is 0.332 e. The van der Waals surface area contributed by atoms with Gasteiger partial charge in [-0.2, -0.15) is 5.26 Å². The number of carbonyl (C=O) groups is 3. The van der Waals surface area contributed by atoms with Crippen molar-refractivity contribution < 1.29 is 19.3 Å². The third-order valence-corrected chi connectivity index (χ3v) is 7.50. The van der Waals surface area contributed by atoms with Crippen LogP contribution in [0.25, 0.3) is 10.8 Å². The average Bonchev–Trinajstić information content (AvgIpc) is 3.54. The number of nitro benzene ring substituents is 1. The predicted molar refractivity (Wildman–Crippen MR) is 129 cm³/mol. The lowest BCUT2D eigenvalue weighted by Crippen LogP contribution is -2.54. The molecule has 0 spiro atoms. The maximum absolute atomic E-state index is 13.6. The van der Waals surface area contributed by atoms with Crippen molar-refractivity contribution in [3.8, 4) is 6.07 Å². The topological polar surface area (TPSA) is 128 Å². The van der Waals surface area contributed by atoms with Gasteiger partial charge in [-0.25, -0.2) is 9.69 Å². The van der Waals surface area contributed by atoms with Crippen LogP contribution in [0.2, 0.25) is 5.02 Å². The molecule has 3 heterocycles. The van der Waals surface area contributed by atoms with Crippen molar-refractivity contribution in [2.24, 2.45) is 0 Å². The van der Waals surface area contributed by atoms with E-state index in [1.165, 1.54) is 21.9 Å². The van der Waals surface area contributed by atoms with Crippen LogP contribution in [0.1, 0.15) is 22.3 Å². The molecule has 2 bridgehead atoms. The SMILES string of the molecule is N#Cc1ccc(N2C(=O)C3C4CC(CN4C(=O)c4ccc(Cl)c([N+](=O)[O-])c4)N3C2=O)c2ccccc12. The molecule has 3 unspecified atom stereocenters. The molecule has 0 aliphatic carbocycles. The molecule has 3 atom stereocenters. The van der Waals surface area contributed by atoms with Gasteiger partial charge in [0.2, 0.25) is 0 Å². The van der Waals surface area contributed by atoms with Gasteiger partial charge in [0.1, 0.15) is 11.1 Å². The van der Waals surface area contributed by atoms with Gasteiger partial charge in [0.05, 0.1) is 34.3 Å². The highest BCUT2D eigenvalue weighted by Gasteiger charge is 2.63. The zero-order valence-corrected chi connectivity index (χ0v) is 19.3. The quantitative estimate of drug-likeness (QED) is 0.306. The number of hydrogen-bond acceptors (Lipinski definition) is 6. The van der Waals surface area contributed by atoms with Crippen molar-refractivity contribution in [3.05, 3.63) is 80.9 Å². The van der Waals surface area contributed by atoms with E-state index in [2.05, 4.69) is 6.07 Å². The van der Waals surface area contributed by atoms with Crippen LogP contribution in [0.15, 0.2) is 54.6 Å². The lowest BCUT2D eigenvalue weighted by molar-refractivity contribution is -0.384. The fourth-order valence-corrected chi connectivity index (χ4v) is 5.83. The van der Waals surface area contributed by atoms with E-state index in [0.717, 1.165) is 11.0 Å². The highest BCUT2D eigenvalue weighted by molar-refractivity contribution is 6.32. The van der Waals surface area contributed by atoms with E-state index in [4.69, 9.17) is 11.6 Å². The normalized spacial score (nSPS) is 22.3. The number of hydrogen-bond donors (Lipinski definition) is 0. The summed E-state index contributed by atoms with van der Waals surface area (Å²) in [5.74, 6) is -0.897. The molecule has 10 nitrogen and oxygen atoms in total. The standard InChI is InChI=1S/C25H16ClN5O5/c26-18-7-5-13(9-20(18)31(35)36)23(32)28-12-15-10-21(28)22-24(33)30(25(34)29(15)22)19-8-6-14(11-27)16-3-1-2-4-17(16)19/h1-9,15,21-22H,10,12H2. The summed E-state index contributed by atoms with van der Waals surface area (Å²) in [4.78, 5) is 55.2. The number of urea groups is 1. The molecule has 4 amide bonds. The number of nitriles is 1. The molecular formula is C25H16ClN5O5. The van der Waals surface area contributed by atoms with Gasteiger partial charge < -0.3 is 9.80 Å². The molecule has 0 radical (unpaired) electrons. The van der Waals surface area contributed by atoms with Crippen molar-refractivity contribution in [1.29, 1.82) is 5.26 Å². The van der Waals surface area contributed by atoms with E-state index in [1.807, 2.05) is 0 Å². The Morgan fingerprint density at radius 2 is 1.86 bits per heavy atom. The molecule has 3 aromatic rings. The molecule has 3 aliphatic heterocycles. The second kappa shape index (κ2) is 7.76. The summed E-state index contributed by atoms with van der Waals surface area (Å²) in [5, 5.41) is 21.9. The Labute approximate surface area is 209 Å². The number of rotatable bonds is 3. The molecule has 0 aromatic heterocycles. The number of amides is 4. The first-order valence-electron chi connectivity index (χ1n) is 11.1. The van der Waals surface area contributed by atoms with Gasteiger partial charge in [-0.1, -0.05) is 35.9 Å². The van der Waals surface area contributed by atoms with Gasteiger partial charge in [0.15, 0.2) is 0 Å². The van der Waals surface area contributed by atoms with E-state index in [-0.39, 0.29) is 28.9 Å². The summed E-state index contributed by atoms with van der Waals surface area (Å²) < 4.78 is 0. The minimum Gasteiger partial charge on any atom is -0.331 e. The summed E-state index contributed by atoms with van der Waals surface area (Å²) in [6, 6.07) is 14.0. The molecule has 0 N–H and O–H groups in total. The number of fused-ring (bicyclic) bond motifs is 6. The second-order valence-electron chi connectivity index (χ2n) is 8.94. The molecular weight excluding hydrogens is 486 g/mol. The Hall–Kier alpha value is -4.49. The minimum absolute atomic E-state index is 0.0764. The maximum Gasteiger partial charge on any atom is 0.332 e. The number of likely N-dealkylation sites (tertiary alicyclic amines) is 1. The Morgan fingerprint density at radius 1 is 1.11 bits per heavy atom. The minimum atomic E-state index is -0.850. The van der Waals surface area contributed by atoms with E-state index in [9.17, 15) is 29.8 Å². The maximum atomic E-state index is 13.6. The first-order valence-corrected chi connectivity index (χ1v) is 11.5. The summed E-state index contributed by atoms with van der Waals surface area (Å²) in [6.07, 6.45) is 0.450. The first kappa shape index (κ1) is 22.0. The monoisotopic (exact) mass is 501 g/mol. The smallest absolute Gasteiger partial charge is 0.331 e. The molecule has 178 valence electrons. The zero-order chi connectivity index (χ0) is 25.3. The van der Waals surface area contributed by atoms with Crippen molar-refractivity contribution in [2.45, 2.75) is 24.5 Å². The van der Waals surface area contributed by atoms with Gasteiger partial charge in [-0.15, -0.1) is 0 Å². The van der Waals surface area contributed by atoms with E-state index >= 15 is 0 Å². The van der Waals surface area contributed by atoms with Crippen molar-refractivity contribution in [1.82, 2.24) is 9.80 Å². The van der Waals surface area contributed by atoms with Crippen LogP contribution < -0.4 is 4.90 Å². The predicted octanol–water partition coefficient (Wildman–Crippen LogP) is 3.71. The molecule has 11 heteroatoms. The lowest BCUT2D eigenvalue weighted by Gasteiger charge is -2.34. The average molecular weight is 502 g/mol. The number of nitro groups is 1. The lowest BCUT2D eigenvalue weighted by atomic mass is 10.0. The molecule has 3 aromatic carbocycles. The molecule has 6 rings (SSSR count). The number of nitrogens with zero attached hydrogens (tertiary/aromatic N) is 5. The van der Waals surface area contributed by atoms with Crippen molar-refractivity contribution >= 4 is 51.6 Å². The number of imide groups is 1. The fraction of sp³-hybridized carbons (Fsp3) is 0.200. The number of anilines is 1. The third-order valence-electron chi connectivity index (χ3n) is 7.18. The van der Waals surface area contributed by atoms with Gasteiger partial charge in [-0.05, 0) is 30.7 Å². The van der Waals surface area contributed by atoms with Crippen LogP contribution in [0, 0.1) is 21.4 Å². The van der Waals surface area contributed by atoms with E-state index in [1.54, 1.807) is 36.4 Å². The zero-order valence-electron chi connectivity index (χ0n) is 18.5. The molecule has 36 heavy (non-hydrogen) atoms. The number of piperazine rings is 1. The summed E-state index contributed by atoms with van der Waals surface area (Å²) in [6.45, 7) is 0.220. The fourth-order valence-electron chi connectivity index (χ4n) is 5.64. The molecule has 3 fully saturated rings. The van der Waals surface area contributed by atoms with Crippen molar-refractivity contribution in [3.63, 3.8) is 0 Å². The summed E-state index contributed by atoms with van der Waals surface area (Å²) in [7, 11) is 0. The molecule has 3 saturated heterocycles. The van der Waals surface area contributed by atoms with E-state index < -0.39 is 34.9 Å². The Balaban J connectivity index is 1.35. The number of carbonyl (C=O) groups excluding carboxylic acids is 3. The van der Waals surface area contributed by atoms with E-state index in [0.29, 0.717) is 28.4 Å². The van der Waals surface area contributed by atoms with Gasteiger partial charge in [0.25, 0.3) is 17.5 Å².